The lowest BCUT2D eigenvalue weighted by molar-refractivity contribution is -0.0790. The molecule has 29 heavy (non-hydrogen) atoms. The second kappa shape index (κ2) is 6.70. The van der Waals surface area contributed by atoms with Crippen molar-refractivity contribution in [1.29, 1.82) is 0 Å². The topological polar surface area (TPSA) is 41.3 Å². The number of nitrogens with zero attached hydrogens (tertiary/aromatic N) is 3. The van der Waals surface area contributed by atoms with Crippen LogP contribution in [0.3, 0.4) is 0 Å². The highest BCUT2D eigenvalue weighted by Crippen LogP contribution is 2.56. The molecule has 0 unspecified atom stereocenters. The first-order valence-corrected chi connectivity index (χ1v) is 10.2. The Kier molecular flexibility index (Phi) is 4.24. The van der Waals surface area contributed by atoms with Crippen LogP contribution in [0, 0.1) is 25.1 Å². The van der Waals surface area contributed by atoms with Crippen LogP contribution in [0.5, 0.6) is 5.75 Å². The van der Waals surface area contributed by atoms with Gasteiger partial charge in [0.15, 0.2) is 0 Å². The second-order valence-corrected chi connectivity index (χ2v) is 8.93. The Morgan fingerprint density at radius 1 is 1.10 bits per heavy atom. The van der Waals surface area contributed by atoms with E-state index in [1.807, 2.05) is 0 Å². The number of phenols is 1. The average molecular weight is 391 g/mol. The van der Waals surface area contributed by atoms with Crippen molar-refractivity contribution in [2.45, 2.75) is 39.2 Å². The van der Waals surface area contributed by atoms with Gasteiger partial charge < -0.3 is 5.11 Å². The molecule has 1 spiro atoms. The van der Waals surface area contributed by atoms with Crippen molar-refractivity contribution in [3.8, 4) is 11.4 Å². The maximum absolute atomic E-state index is 14.0. The van der Waals surface area contributed by atoms with E-state index < -0.39 is 0 Å². The van der Waals surface area contributed by atoms with E-state index in [0.717, 1.165) is 37.3 Å². The van der Waals surface area contributed by atoms with Crippen LogP contribution in [0.1, 0.15) is 41.3 Å². The summed E-state index contributed by atoms with van der Waals surface area (Å²) in [7, 11) is 0. The molecule has 1 saturated carbocycles. The Morgan fingerprint density at radius 2 is 1.86 bits per heavy atom. The fraction of sp³-hybridized carbons (Fsp3) is 0.375. The van der Waals surface area contributed by atoms with Gasteiger partial charge in [0.25, 0.3) is 0 Å². The molecule has 0 atom stereocenters. The number of hydrogen-bond donors (Lipinski definition) is 1. The maximum Gasteiger partial charge on any atom is 0.127 e. The average Bonchev–Trinajstić information content (AvgIpc) is 3.00. The lowest BCUT2D eigenvalue weighted by atomic mass is 9.57. The Hall–Kier alpha value is -2.66. The molecule has 5 heteroatoms. The summed E-state index contributed by atoms with van der Waals surface area (Å²) in [6, 6.07) is 14.9. The Morgan fingerprint density at radius 3 is 2.62 bits per heavy atom. The van der Waals surface area contributed by atoms with Gasteiger partial charge in [0, 0.05) is 36.8 Å². The minimum absolute atomic E-state index is 0.125. The highest BCUT2D eigenvalue weighted by Gasteiger charge is 2.53. The third-order valence-corrected chi connectivity index (χ3v) is 6.52. The summed E-state index contributed by atoms with van der Waals surface area (Å²) in [5.41, 5.74) is 5.68. The number of likely N-dealkylation sites (tertiary alicyclic amines) is 1. The fourth-order valence-corrected chi connectivity index (χ4v) is 5.19. The van der Waals surface area contributed by atoms with Crippen molar-refractivity contribution in [3.05, 3.63) is 76.9 Å². The summed E-state index contributed by atoms with van der Waals surface area (Å²) < 4.78 is 16.1. The van der Waals surface area contributed by atoms with Crippen molar-refractivity contribution in [1.82, 2.24) is 14.7 Å². The first-order chi connectivity index (χ1) is 13.9. The van der Waals surface area contributed by atoms with Crippen LogP contribution in [-0.2, 0) is 6.54 Å². The van der Waals surface area contributed by atoms with Gasteiger partial charge >= 0.3 is 0 Å². The predicted octanol–water partition coefficient (Wildman–Crippen LogP) is 4.71. The summed E-state index contributed by atoms with van der Waals surface area (Å²) in [5, 5.41) is 14.4. The van der Waals surface area contributed by atoms with Gasteiger partial charge in [-0.2, -0.15) is 5.10 Å². The van der Waals surface area contributed by atoms with Crippen molar-refractivity contribution in [3.63, 3.8) is 0 Å². The van der Waals surface area contributed by atoms with Gasteiger partial charge in [0.05, 0.1) is 11.4 Å². The quantitative estimate of drug-likeness (QED) is 0.700. The van der Waals surface area contributed by atoms with E-state index in [1.165, 1.54) is 29.5 Å². The Bertz CT molecular complexity index is 1060. The molecular formula is C24H26FN3O. The van der Waals surface area contributed by atoms with Crippen LogP contribution in [0.4, 0.5) is 4.39 Å². The van der Waals surface area contributed by atoms with E-state index >= 15 is 0 Å². The van der Waals surface area contributed by atoms with Crippen LogP contribution >= 0.6 is 0 Å². The van der Waals surface area contributed by atoms with Crippen LogP contribution < -0.4 is 0 Å². The molecule has 150 valence electrons. The standard InChI is InChI=1S/C24H26FN3O/c1-16-5-3-4-6-22(16)28-23(9-17(2)26-28)19-11-24(12-19)14-27(15-24)13-18-10-20(29)7-8-21(18)25/h3-10,19,29H,11-15H2,1-2H3. The molecule has 0 bridgehead atoms. The van der Waals surface area contributed by atoms with Crippen molar-refractivity contribution in [2.24, 2.45) is 5.41 Å². The number of aromatic nitrogens is 2. The van der Waals surface area contributed by atoms with Gasteiger partial charge in [-0.1, -0.05) is 18.2 Å². The molecule has 2 aliphatic rings. The molecule has 2 heterocycles. The minimum atomic E-state index is -0.243. The number of benzene rings is 2. The van der Waals surface area contributed by atoms with Gasteiger partial charge in [-0.3, -0.25) is 4.90 Å². The summed E-state index contributed by atoms with van der Waals surface area (Å²) in [5.74, 6) is 0.406. The number of aromatic hydroxyl groups is 1. The zero-order valence-electron chi connectivity index (χ0n) is 16.9. The molecule has 1 aliphatic heterocycles. The molecule has 0 radical (unpaired) electrons. The third kappa shape index (κ3) is 3.23. The Labute approximate surface area is 170 Å². The molecule has 2 fully saturated rings. The van der Waals surface area contributed by atoms with Gasteiger partial charge in [-0.15, -0.1) is 0 Å². The fourth-order valence-electron chi connectivity index (χ4n) is 5.19. The van der Waals surface area contributed by atoms with Crippen molar-refractivity contribution >= 4 is 0 Å². The maximum atomic E-state index is 14.0. The lowest BCUT2D eigenvalue weighted by Gasteiger charge is -2.59. The van der Waals surface area contributed by atoms with E-state index in [2.05, 4.69) is 53.8 Å². The normalized spacial score (nSPS) is 18.6. The smallest absolute Gasteiger partial charge is 0.127 e. The second-order valence-electron chi connectivity index (χ2n) is 8.93. The summed E-state index contributed by atoms with van der Waals surface area (Å²) in [6.45, 7) is 6.74. The zero-order chi connectivity index (χ0) is 20.2. The van der Waals surface area contributed by atoms with Crippen LogP contribution in [0.25, 0.3) is 5.69 Å². The number of rotatable bonds is 4. The molecule has 3 aromatic rings. The predicted molar refractivity (Wildman–Crippen MR) is 111 cm³/mol. The SMILES string of the molecule is Cc1cc(C2CC3(C2)CN(Cc2cc(O)ccc2F)C3)n(-c2ccccc2C)n1. The van der Waals surface area contributed by atoms with E-state index in [0.29, 0.717) is 23.4 Å². The highest BCUT2D eigenvalue weighted by molar-refractivity contribution is 5.42. The first kappa shape index (κ1) is 18.4. The molecule has 1 aromatic heterocycles. The van der Waals surface area contributed by atoms with E-state index in [1.54, 1.807) is 0 Å². The van der Waals surface area contributed by atoms with Gasteiger partial charge in [0.2, 0.25) is 0 Å². The number of phenolic OH excluding ortho intramolecular Hbond substituents is 1. The molecule has 0 amide bonds. The number of para-hydroxylation sites is 1. The minimum Gasteiger partial charge on any atom is -0.508 e. The molecule has 4 nitrogen and oxygen atoms in total. The number of halogens is 1. The number of hydrogen-bond acceptors (Lipinski definition) is 3. The third-order valence-electron chi connectivity index (χ3n) is 6.52. The zero-order valence-corrected chi connectivity index (χ0v) is 16.9. The Balaban J connectivity index is 1.26. The molecule has 1 aliphatic carbocycles. The monoisotopic (exact) mass is 391 g/mol. The lowest BCUT2D eigenvalue weighted by Crippen LogP contribution is -2.61. The van der Waals surface area contributed by atoms with Gasteiger partial charge in [-0.05, 0) is 68.0 Å². The van der Waals surface area contributed by atoms with Crippen LogP contribution in [0.2, 0.25) is 0 Å². The van der Waals surface area contributed by atoms with E-state index in [-0.39, 0.29) is 11.6 Å². The number of aryl methyl sites for hydroxylation is 2. The first-order valence-electron chi connectivity index (χ1n) is 10.2. The molecule has 5 rings (SSSR count). The van der Waals surface area contributed by atoms with Crippen LogP contribution in [0.15, 0.2) is 48.5 Å². The molecule has 1 N–H and O–H groups in total. The van der Waals surface area contributed by atoms with Gasteiger partial charge in [0.1, 0.15) is 11.6 Å². The largest absolute Gasteiger partial charge is 0.508 e. The summed E-state index contributed by atoms with van der Waals surface area (Å²) >= 11 is 0. The van der Waals surface area contributed by atoms with Gasteiger partial charge in [-0.25, -0.2) is 9.07 Å². The molecular weight excluding hydrogens is 365 g/mol. The summed E-state index contributed by atoms with van der Waals surface area (Å²) in [6.07, 6.45) is 2.31. The van der Waals surface area contributed by atoms with Crippen molar-refractivity contribution < 1.29 is 9.50 Å². The van der Waals surface area contributed by atoms with E-state index in [4.69, 9.17) is 5.10 Å². The highest BCUT2D eigenvalue weighted by atomic mass is 19.1. The van der Waals surface area contributed by atoms with E-state index in [9.17, 15) is 9.50 Å². The molecule has 1 saturated heterocycles. The van der Waals surface area contributed by atoms with Crippen LogP contribution in [-0.4, -0.2) is 32.9 Å². The summed E-state index contributed by atoms with van der Waals surface area (Å²) in [4.78, 5) is 2.28. The molecule has 2 aromatic carbocycles. The van der Waals surface area contributed by atoms with Crippen molar-refractivity contribution in [2.75, 3.05) is 13.1 Å².